The highest BCUT2D eigenvalue weighted by Gasteiger charge is 2.02. The van der Waals surface area contributed by atoms with Crippen LogP contribution in [0.5, 0.6) is 0 Å². The second-order valence-electron chi connectivity index (χ2n) is 3.48. The van der Waals surface area contributed by atoms with E-state index in [9.17, 15) is 8.78 Å². The van der Waals surface area contributed by atoms with Gasteiger partial charge in [0.1, 0.15) is 6.61 Å². The molecule has 1 unspecified atom stereocenters. The Morgan fingerprint density at radius 3 is 2.67 bits per heavy atom. The molecular weight excluding hydrogens is 202 g/mol. The summed E-state index contributed by atoms with van der Waals surface area (Å²) in [6.07, 6.45) is -1.59. The standard InChI is InChI=1S/C10H22F2N2O/c1-3-13-7-9(2)14-5-4-6-15-8-10(11)12/h9-10,13-14H,3-8H2,1-2H3. The fourth-order valence-electron chi connectivity index (χ4n) is 1.13. The lowest BCUT2D eigenvalue weighted by molar-refractivity contribution is 0.0167. The summed E-state index contributed by atoms with van der Waals surface area (Å²) in [5.41, 5.74) is 0. The van der Waals surface area contributed by atoms with Gasteiger partial charge >= 0.3 is 0 Å². The van der Waals surface area contributed by atoms with Crippen molar-refractivity contribution < 1.29 is 13.5 Å². The van der Waals surface area contributed by atoms with Gasteiger partial charge in [-0.05, 0) is 26.4 Å². The van der Waals surface area contributed by atoms with Crippen molar-refractivity contribution in [2.24, 2.45) is 0 Å². The molecule has 3 nitrogen and oxygen atoms in total. The van der Waals surface area contributed by atoms with Crippen molar-refractivity contribution in [2.75, 3.05) is 32.8 Å². The first-order valence-corrected chi connectivity index (χ1v) is 5.46. The molecule has 0 aliphatic carbocycles. The van der Waals surface area contributed by atoms with Crippen LogP contribution in [0.1, 0.15) is 20.3 Å². The van der Waals surface area contributed by atoms with E-state index >= 15 is 0 Å². The fraction of sp³-hybridized carbons (Fsp3) is 1.00. The summed E-state index contributed by atoms with van der Waals surface area (Å²) in [6.45, 7) is 6.78. The minimum atomic E-state index is -2.36. The monoisotopic (exact) mass is 224 g/mol. The van der Waals surface area contributed by atoms with E-state index in [0.717, 1.165) is 26.1 Å². The summed E-state index contributed by atoms with van der Waals surface area (Å²) in [4.78, 5) is 0. The van der Waals surface area contributed by atoms with E-state index in [4.69, 9.17) is 4.74 Å². The van der Waals surface area contributed by atoms with Gasteiger partial charge in [0.05, 0.1) is 0 Å². The van der Waals surface area contributed by atoms with Crippen LogP contribution in [-0.4, -0.2) is 45.3 Å². The average molecular weight is 224 g/mol. The molecule has 0 spiro atoms. The normalized spacial score (nSPS) is 13.4. The van der Waals surface area contributed by atoms with Crippen LogP contribution in [0.25, 0.3) is 0 Å². The number of hydrogen-bond donors (Lipinski definition) is 2. The molecule has 0 aromatic heterocycles. The largest absolute Gasteiger partial charge is 0.375 e. The molecule has 0 rings (SSSR count). The highest BCUT2D eigenvalue weighted by molar-refractivity contribution is 4.62. The molecule has 0 saturated heterocycles. The lowest BCUT2D eigenvalue weighted by Gasteiger charge is -2.13. The van der Waals surface area contributed by atoms with E-state index in [0.29, 0.717) is 12.6 Å². The summed E-state index contributed by atoms with van der Waals surface area (Å²) < 4.78 is 28.1. The summed E-state index contributed by atoms with van der Waals surface area (Å²) in [7, 11) is 0. The molecule has 0 aromatic carbocycles. The van der Waals surface area contributed by atoms with Crippen LogP contribution in [-0.2, 0) is 4.74 Å². The van der Waals surface area contributed by atoms with E-state index in [-0.39, 0.29) is 0 Å². The van der Waals surface area contributed by atoms with E-state index in [1.54, 1.807) is 0 Å². The van der Waals surface area contributed by atoms with Crippen LogP contribution in [0.15, 0.2) is 0 Å². The molecule has 0 saturated carbocycles. The molecule has 0 bridgehead atoms. The highest BCUT2D eigenvalue weighted by atomic mass is 19.3. The van der Waals surface area contributed by atoms with Crippen LogP contribution >= 0.6 is 0 Å². The number of likely N-dealkylation sites (N-methyl/N-ethyl adjacent to an activating group) is 1. The van der Waals surface area contributed by atoms with Gasteiger partial charge in [0, 0.05) is 19.2 Å². The molecule has 0 aliphatic heterocycles. The van der Waals surface area contributed by atoms with E-state index in [1.807, 2.05) is 0 Å². The number of hydrogen-bond acceptors (Lipinski definition) is 3. The van der Waals surface area contributed by atoms with Gasteiger partial charge in [-0.25, -0.2) is 8.78 Å². The molecule has 15 heavy (non-hydrogen) atoms. The highest BCUT2D eigenvalue weighted by Crippen LogP contribution is 1.93. The quantitative estimate of drug-likeness (QED) is 0.548. The van der Waals surface area contributed by atoms with Crippen molar-refractivity contribution >= 4 is 0 Å². The molecule has 0 aromatic rings. The van der Waals surface area contributed by atoms with Crippen molar-refractivity contribution in [2.45, 2.75) is 32.7 Å². The maximum Gasteiger partial charge on any atom is 0.261 e. The lowest BCUT2D eigenvalue weighted by atomic mass is 10.3. The number of rotatable bonds is 10. The smallest absolute Gasteiger partial charge is 0.261 e. The Kier molecular flexibility index (Phi) is 10.1. The zero-order valence-electron chi connectivity index (χ0n) is 9.56. The second kappa shape index (κ2) is 10.3. The first-order valence-electron chi connectivity index (χ1n) is 5.46. The summed E-state index contributed by atoms with van der Waals surface area (Å²) in [6, 6.07) is 0.403. The SMILES string of the molecule is CCNCC(C)NCCCOCC(F)F. The molecular formula is C10H22F2N2O. The van der Waals surface area contributed by atoms with Gasteiger partial charge in [-0.2, -0.15) is 0 Å². The maximum atomic E-state index is 11.7. The third-order valence-electron chi connectivity index (χ3n) is 1.90. The van der Waals surface area contributed by atoms with Gasteiger partial charge in [-0.15, -0.1) is 0 Å². The Hall–Kier alpha value is -0.260. The number of alkyl halides is 2. The zero-order chi connectivity index (χ0) is 11.5. The third kappa shape index (κ3) is 11.7. The van der Waals surface area contributed by atoms with Crippen LogP contribution in [0.2, 0.25) is 0 Å². The van der Waals surface area contributed by atoms with Crippen LogP contribution in [0.4, 0.5) is 8.78 Å². The molecule has 2 N–H and O–H groups in total. The predicted molar refractivity (Wildman–Crippen MR) is 57.4 cm³/mol. The van der Waals surface area contributed by atoms with Gasteiger partial charge < -0.3 is 15.4 Å². The fourth-order valence-corrected chi connectivity index (χ4v) is 1.13. The maximum absolute atomic E-state index is 11.7. The molecule has 0 fully saturated rings. The Balaban J connectivity index is 3.09. The van der Waals surface area contributed by atoms with E-state index in [1.165, 1.54) is 0 Å². The van der Waals surface area contributed by atoms with Gasteiger partial charge in [-0.3, -0.25) is 0 Å². The first kappa shape index (κ1) is 14.7. The van der Waals surface area contributed by atoms with Crippen LogP contribution < -0.4 is 10.6 Å². The molecule has 1 atom stereocenters. The molecule has 92 valence electrons. The van der Waals surface area contributed by atoms with Crippen molar-refractivity contribution in [3.05, 3.63) is 0 Å². The van der Waals surface area contributed by atoms with E-state index < -0.39 is 13.0 Å². The topological polar surface area (TPSA) is 33.3 Å². The Morgan fingerprint density at radius 2 is 2.07 bits per heavy atom. The Bertz CT molecular complexity index is 137. The van der Waals surface area contributed by atoms with Gasteiger partial charge in [-0.1, -0.05) is 6.92 Å². The van der Waals surface area contributed by atoms with E-state index in [2.05, 4.69) is 24.5 Å². The van der Waals surface area contributed by atoms with Crippen molar-refractivity contribution in [1.82, 2.24) is 10.6 Å². The molecule has 0 heterocycles. The van der Waals surface area contributed by atoms with Crippen molar-refractivity contribution in [1.29, 1.82) is 0 Å². The number of ether oxygens (including phenoxy) is 1. The Labute approximate surface area is 90.6 Å². The van der Waals surface area contributed by atoms with Crippen LogP contribution in [0, 0.1) is 0 Å². The first-order chi connectivity index (χ1) is 7.16. The molecule has 0 radical (unpaired) electrons. The van der Waals surface area contributed by atoms with Crippen LogP contribution in [0.3, 0.4) is 0 Å². The van der Waals surface area contributed by atoms with Gasteiger partial charge in [0.15, 0.2) is 0 Å². The molecule has 0 aliphatic rings. The second-order valence-corrected chi connectivity index (χ2v) is 3.48. The summed E-state index contributed by atoms with van der Waals surface area (Å²) >= 11 is 0. The third-order valence-corrected chi connectivity index (χ3v) is 1.90. The number of halogens is 2. The van der Waals surface area contributed by atoms with Crippen molar-refractivity contribution in [3.8, 4) is 0 Å². The number of nitrogens with one attached hydrogen (secondary N) is 2. The summed E-state index contributed by atoms with van der Waals surface area (Å²) in [5, 5.41) is 6.50. The Morgan fingerprint density at radius 1 is 1.33 bits per heavy atom. The minimum Gasteiger partial charge on any atom is -0.375 e. The predicted octanol–water partition coefficient (Wildman–Crippen LogP) is 1.25. The van der Waals surface area contributed by atoms with Gasteiger partial charge in [0.25, 0.3) is 6.43 Å². The average Bonchev–Trinajstić information content (AvgIpc) is 2.19. The molecule has 5 heteroatoms. The van der Waals surface area contributed by atoms with Crippen molar-refractivity contribution in [3.63, 3.8) is 0 Å². The summed E-state index contributed by atoms with van der Waals surface area (Å²) in [5.74, 6) is 0. The van der Waals surface area contributed by atoms with Gasteiger partial charge in [0.2, 0.25) is 0 Å². The zero-order valence-corrected chi connectivity index (χ0v) is 9.56. The minimum absolute atomic E-state index is 0.394. The molecule has 0 amide bonds. The lowest BCUT2D eigenvalue weighted by Crippen LogP contribution is -2.37.